The van der Waals surface area contributed by atoms with E-state index < -0.39 is 5.54 Å². The minimum atomic E-state index is -0.832. The minimum absolute atomic E-state index is 0.0300. The van der Waals surface area contributed by atoms with Crippen molar-refractivity contribution in [1.29, 1.82) is 0 Å². The van der Waals surface area contributed by atoms with E-state index in [2.05, 4.69) is 14.7 Å². The van der Waals surface area contributed by atoms with E-state index in [1.54, 1.807) is 12.5 Å². The maximum absolute atomic E-state index is 11.2. The zero-order chi connectivity index (χ0) is 9.47. The van der Waals surface area contributed by atoms with E-state index in [1.807, 2.05) is 0 Å². The van der Waals surface area contributed by atoms with Gasteiger partial charge in [0.25, 0.3) is 0 Å². The summed E-state index contributed by atoms with van der Waals surface area (Å²) in [6, 6.07) is 0. The van der Waals surface area contributed by atoms with Crippen LogP contribution in [-0.4, -0.2) is 28.6 Å². The molecule has 1 aromatic rings. The van der Waals surface area contributed by atoms with Crippen molar-refractivity contribution >= 4 is 5.97 Å². The number of hydrogen-bond donors (Lipinski definition) is 2. The van der Waals surface area contributed by atoms with Crippen molar-refractivity contribution in [2.45, 2.75) is 17.9 Å². The molecule has 5 heteroatoms. The lowest BCUT2D eigenvalue weighted by atomic mass is 10.2. The van der Waals surface area contributed by atoms with Gasteiger partial charge in [0.05, 0.1) is 13.4 Å². The third-order valence-corrected chi connectivity index (χ3v) is 2.46. The van der Waals surface area contributed by atoms with Crippen LogP contribution >= 0.6 is 0 Å². The molecule has 5 nitrogen and oxygen atoms in total. The third-order valence-electron chi connectivity index (χ3n) is 2.46. The quantitative estimate of drug-likeness (QED) is 0.617. The zero-order valence-corrected chi connectivity index (χ0v) is 7.28. The fraction of sp³-hybridized carbons (Fsp3) is 0.500. The summed E-state index contributed by atoms with van der Waals surface area (Å²) in [5.74, 6) is -0.324. The predicted octanol–water partition coefficient (Wildman–Crippen LogP) is -0.233. The summed E-state index contributed by atoms with van der Waals surface area (Å²) in [4.78, 5) is 18.0. The SMILES string of the molecule is COC(=O)[C@]1(N)C[C@@H]1c1cnc[nH]1. The smallest absolute Gasteiger partial charge is 0.326 e. The summed E-state index contributed by atoms with van der Waals surface area (Å²) < 4.78 is 4.61. The average molecular weight is 181 g/mol. The second-order valence-electron chi connectivity index (χ2n) is 3.30. The second-order valence-corrected chi connectivity index (χ2v) is 3.30. The molecule has 70 valence electrons. The van der Waals surface area contributed by atoms with Gasteiger partial charge in [0.2, 0.25) is 0 Å². The Bertz CT molecular complexity index is 322. The number of nitrogens with two attached hydrogens (primary N) is 1. The van der Waals surface area contributed by atoms with Crippen molar-refractivity contribution in [3.63, 3.8) is 0 Å². The number of imidazole rings is 1. The van der Waals surface area contributed by atoms with Crippen LogP contribution in [0, 0.1) is 0 Å². The normalized spacial score (nSPS) is 31.4. The molecular formula is C8H11N3O2. The van der Waals surface area contributed by atoms with Crippen molar-refractivity contribution in [1.82, 2.24) is 9.97 Å². The number of carbonyl (C=O) groups excluding carboxylic acids is 1. The predicted molar refractivity (Wildman–Crippen MR) is 44.9 cm³/mol. The number of nitrogens with zero attached hydrogens (tertiary/aromatic N) is 1. The Morgan fingerprint density at radius 2 is 2.69 bits per heavy atom. The lowest BCUT2D eigenvalue weighted by Gasteiger charge is -2.06. The fourth-order valence-electron chi connectivity index (χ4n) is 1.54. The monoisotopic (exact) mass is 181 g/mol. The Balaban J connectivity index is 2.14. The summed E-state index contributed by atoms with van der Waals surface area (Å²) in [6.07, 6.45) is 3.88. The number of hydrogen-bond acceptors (Lipinski definition) is 4. The van der Waals surface area contributed by atoms with Crippen LogP contribution in [0.3, 0.4) is 0 Å². The van der Waals surface area contributed by atoms with E-state index in [0.29, 0.717) is 6.42 Å². The van der Waals surface area contributed by atoms with E-state index in [9.17, 15) is 4.79 Å². The van der Waals surface area contributed by atoms with Crippen molar-refractivity contribution < 1.29 is 9.53 Å². The fourth-order valence-corrected chi connectivity index (χ4v) is 1.54. The Labute approximate surface area is 75.3 Å². The molecule has 0 aliphatic heterocycles. The molecule has 1 saturated carbocycles. The van der Waals surface area contributed by atoms with Gasteiger partial charge in [0.15, 0.2) is 0 Å². The first-order valence-corrected chi connectivity index (χ1v) is 4.04. The van der Waals surface area contributed by atoms with Gasteiger partial charge in [0, 0.05) is 17.8 Å². The molecule has 1 heterocycles. The maximum Gasteiger partial charge on any atom is 0.326 e. The highest BCUT2D eigenvalue weighted by molar-refractivity contribution is 5.86. The molecule has 0 amide bonds. The number of H-pyrrole nitrogens is 1. The number of aromatic nitrogens is 2. The second kappa shape index (κ2) is 2.56. The Kier molecular flexibility index (Phi) is 1.63. The lowest BCUT2D eigenvalue weighted by Crippen LogP contribution is -2.35. The van der Waals surface area contributed by atoms with Gasteiger partial charge in [-0.3, -0.25) is 4.79 Å². The molecule has 0 radical (unpaired) electrons. The molecule has 2 rings (SSSR count). The van der Waals surface area contributed by atoms with Crippen LogP contribution in [0.2, 0.25) is 0 Å². The number of ether oxygens (including phenoxy) is 1. The molecule has 0 saturated heterocycles. The van der Waals surface area contributed by atoms with E-state index in [0.717, 1.165) is 5.69 Å². The van der Waals surface area contributed by atoms with Crippen LogP contribution in [0.4, 0.5) is 0 Å². The highest BCUT2D eigenvalue weighted by Gasteiger charge is 2.59. The van der Waals surface area contributed by atoms with Crippen molar-refractivity contribution in [3.8, 4) is 0 Å². The van der Waals surface area contributed by atoms with Crippen LogP contribution in [0.5, 0.6) is 0 Å². The van der Waals surface area contributed by atoms with Crippen LogP contribution < -0.4 is 5.73 Å². The number of methoxy groups -OCH3 is 1. The maximum atomic E-state index is 11.2. The summed E-state index contributed by atoms with van der Waals surface area (Å²) >= 11 is 0. The molecule has 0 aromatic carbocycles. The van der Waals surface area contributed by atoms with Crippen molar-refractivity contribution in [3.05, 3.63) is 18.2 Å². The van der Waals surface area contributed by atoms with Gasteiger partial charge >= 0.3 is 5.97 Å². The molecular weight excluding hydrogens is 170 g/mol. The minimum Gasteiger partial charge on any atom is -0.468 e. The van der Waals surface area contributed by atoms with E-state index in [4.69, 9.17) is 5.73 Å². The highest BCUT2D eigenvalue weighted by Crippen LogP contribution is 2.49. The van der Waals surface area contributed by atoms with Crippen molar-refractivity contribution in [2.75, 3.05) is 7.11 Å². The Hall–Kier alpha value is -1.36. The molecule has 1 aliphatic carbocycles. The third kappa shape index (κ3) is 1.12. The topological polar surface area (TPSA) is 81.0 Å². The van der Waals surface area contributed by atoms with E-state index in [-0.39, 0.29) is 11.9 Å². The number of nitrogens with one attached hydrogen (secondary N) is 1. The number of carbonyl (C=O) groups is 1. The van der Waals surface area contributed by atoms with Crippen LogP contribution in [-0.2, 0) is 9.53 Å². The molecule has 1 fully saturated rings. The van der Waals surface area contributed by atoms with E-state index >= 15 is 0 Å². The number of esters is 1. The molecule has 0 bridgehead atoms. The van der Waals surface area contributed by atoms with Gasteiger partial charge in [-0.1, -0.05) is 0 Å². The number of aromatic amines is 1. The van der Waals surface area contributed by atoms with Crippen LogP contribution in [0.1, 0.15) is 18.0 Å². The molecule has 3 N–H and O–H groups in total. The average Bonchev–Trinajstić information content (AvgIpc) is 2.65. The van der Waals surface area contributed by atoms with Crippen molar-refractivity contribution in [2.24, 2.45) is 5.73 Å². The zero-order valence-electron chi connectivity index (χ0n) is 7.28. The summed E-state index contributed by atoms with van der Waals surface area (Å²) in [7, 11) is 1.35. The standard InChI is InChI=1S/C8H11N3O2/c1-13-7(12)8(9)2-5(8)6-3-10-4-11-6/h3-5H,2,9H2,1H3,(H,10,11)/t5-,8+/m1/s1. The molecule has 0 spiro atoms. The first-order chi connectivity index (χ1) is 6.18. The van der Waals surface area contributed by atoms with Gasteiger partial charge in [-0.05, 0) is 6.42 Å². The molecule has 1 aromatic heterocycles. The highest BCUT2D eigenvalue weighted by atomic mass is 16.5. The Morgan fingerprint density at radius 3 is 3.23 bits per heavy atom. The largest absolute Gasteiger partial charge is 0.468 e. The van der Waals surface area contributed by atoms with Gasteiger partial charge in [0.1, 0.15) is 5.54 Å². The molecule has 1 aliphatic rings. The van der Waals surface area contributed by atoms with Gasteiger partial charge in [-0.2, -0.15) is 0 Å². The lowest BCUT2D eigenvalue weighted by molar-refractivity contribution is -0.143. The van der Waals surface area contributed by atoms with Crippen LogP contribution in [0.25, 0.3) is 0 Å². The summed E-state index contributed by atoms with van der Waals surface area (Å²) in [5.41, 5.74) is 5.88. The van der Waals surface area contributed by atoms with Gasteiger partial charge in [-0.15, -0.1) is 0 Å². The molecule has 2 atom stereocenters. The summed E-state index contributed by atoms with van der Waals surface area (Å²) in [5, 5.41) is 0. The number of rotatable bonds is 2. The molecule has 13 heavy (non-hydrogen) atoms. The summed E-state index contributed by atoms with van der Waals surface area (Å²) in [6.45, 7) is 0. The van der Waals surface area contributed by atoms with Gasteiger partial charge in [-0.25, -0.2) is 4.98 Å². The van der Waals surface area contributed by atoms with Gasteiger partial charge < -0.3 is 15.5 Å². The first-order valence-electron chi connectivity index (χ1n) is 4.04. The van der Waals surface area contributed by atoms with E-state index in [1.165, 1.54) is 7.11 Å². The Morgan fingerprint density at radius 1 is 1.92 bits per heavy atom. The van der Waals surface area contributed by atoms with Crippen LogP contribution in [0.15, 0.2) is 12.5 Å². The first kappa shape index (κ1) is 8.25. The molecule has 0 unspecified atom stereocenters.